The van der Waals surface area contributed by atoms with Gasteiger partial charge in [-0.2, -0.15) is 0 Å². The van der Waals surface area contributed by atoms with Crippen LogP contribution in [0.4, 0.5) is 5.69 Å². The first-order valence-corrected chi connectivity index (χ1v) is 8.78. The second-order valence-corrected chi connectivity index (χ2v) is 6.82. The highest BCUT2D eigenvalue weighted by atomic mass is 32.2. The van der Waals surface area contributed by atoms with Gasteiger partial charge in [0.25, 0.3) is 0 Å². The van der Waals surface area contributed by atoms with Crippen molar-refractivity contribution in [1.82, 2.24) is 0 Å². The van der Waals surface area contributed by atoms with E-state index in [4.69, 9.17) is 5.14 Å². The van der Waals surface area contributed by atoms with E-state index in [-0.39, 0.29) is 16.7 Å². The van der Waals surface area contributed by atoms with Crippen LogP contribution in [0.25, 0.3) is 0 Å². The summed E-state index contributed by atoms with van der Waals surface area (Å²) in [6.07, 6.45) is 3.74. The van der Waals surface area contributed by atoms with Gasteiger partial charge in [0.2, 0.25) is 15.9 Å². The van der Waals surface area contributed by atoms with E-state index in [1.807, 2.05) is 6.92 Å². The smallest absolute Gasteiger partial charge is 0.238 e. The zero-order valence-corrected chi connectivity index (χ0v) is 13.7. The van der Waals surface area contributed by atoms with E-state index < -0.39 is 10.0 Å². The summed E-state index contributed by atoms with van der Waals surface area (Å²) in [5.74, 6) is -0.0281. The Kier molecular flexibility index (Phi) is 6.36. The number of aryl methyl sites for hydroxylation is 1. The van der Waals surface area contributed by atoms with E-state index in [9.17, 15) is 13.2 Å². The van der Waals surface area contributed by atoms with Crippen molar-refractivity contribution in [3.8, 4) is 0 Å². The Labute approximate surface area is 127 Å². The first-order valence-electron chi connectivity index (χ1n) is 7.23. The van der Waals surface area contributed by atoms with Gasteiger partial charge in [-0.25, -0.2) is 13.6 Å². The molecule has 118 valence electrons. The summed E-state index contributed by atoms with van der Waals surface area (Å²) in [6, 6.07) is 4.46. The molecule has 0 spiro atoms. The number of primary sulfonamides is 1. The second kappa shape index (κ2) is 7.56. The average Bonchev–Trinajstić information content (AvgIpc) is 2.40. The number of anilines is 1. The predicted octanol–water partition coefficient (Wildman–Crippen LogP) is 2.80. The van der Waals surface area contributed by atoms with Gasteiger partial charge in [-0.1, -0.05) is 26.7 Å². The Bertz CT molecular complexity index is 597. The summed E-state index contributed by atoms with van der Waals surface area (Å²) in [5, 5.41) is 7.96. The Hall–Kier alpha value is -1.40. The van der Waals surface area contributed by atoms with Crippen LogP contribution >= 0.6 is 0 Å². The highest BCUT2D eigenvalue weighted by Crippen LogP contribution is 2.21. The summed E-state index contributed by atoms with van der Waals surface area (Å²) in [5.41, 5.74) is 1.31. The Balaban J connectivity index is 2.85. The van der Waals surface area contributed by atoms with Crippen molar-refractivity contribution in [3.05, 3.63) is 23.8 Å². The molecule has 1 rings (SSSR count). The zero-order chi connectivity index (χ0) is 16.0. The van der Waals surface area contributed by atoms with Crippen LogP contribution in [0.1, 0.15) is 45.1 Å². The SMILES string of the molecule is CCCCC(CC)C(=O)Nc1ccc(S(N)(=O)=O)cc1C. The maximum absolute atomic E-state index is 12.2. The van der Waals surface area contributed by atoms with E-state index >= 15 is 0 Å². The molecule has 0 bridgehead atoms. The third kappa shape index (κ3) is 5.13. The average molecular weight is 312 g/mol. The van der Waals surface area contributed by atoms with Gasteiger partial charge in [0.15, 0.2) is 0 Å². The van der Waals surface area contributed by atoms with Crippen molar-refractivity contribution in [2.24, 2.45) is 11.1 Å². The Morgan fingerprint density at radius 1 is 1.33 bits per heavy atom. The molecule has 21 heavy (non-hydrogen) atoms. The first kappa shape index (κ1) is 17.7. The molecule has 0 aliphatic carbocycles. The lowest BCUT2D eigenvalue weighted by molar-refractivity contribution is -0.120. The molecule has 0 heterocycles. The number of rotatable bonds is 7. The quantitative estimate of drug-likeness (QED) is 0.811. The van der Waals surface area contributed by atoms with Gasteiger partial charge < -0.3 is 5.32 Å². The fourth-order valence-electron chi connectivity index (χ4n) is 2.16. The van der Waals surface area contributed by atoms with Crippen molar-refractivity contribution in [2.75, 3.05) is 5.32 Å². The molecule has 0 saturated carbocycles. The number of hydrogen-bond donors (Lipinski definition) is 2. The molecule has 0 fully saturated rings. The van der Waals surface area contributed by atoms with Crippen LogP contribution in [0.2, 0.25) is 0 Å². The van der Waals surface area contributed by atoms with Crippen LogP contribution in [0.15, 0.2) is 23.1 Å². The topological polar surface area (TPSA) is 89.3 Å². The van der Waals surface area contributed by atoms with Crippen molar-refractivity contribution in [2.45, 2.75) is 51.3 Å². The number of amides is 1. The third-order valence-electron chi connectivity index (χ3n) is 3.55. The van der Waals surface area contributed by atoms with Gasteiger partial charge in [-0.15, -0.1) is 0 Å². The minimum absolute atomic E-state index is 0.0118. The van der Waals surface area contributed by atoms with Gasteiger partial charge in [0.1, 0.15) is 0 Å². The number of carbonyl (C=O) groups excluding carboxylic acids is 1. The molecule has 0 aliphatic rings. The fraction of sp³-hybridized carbons (Fsp3) is 0.533. The lowest BCUT2D eigenvalue weighted by atomic mass is 9.98. The second-order valence-electron chi connectivity index (χ2n) is 5.26. The predicted molar refractivity (Wildman–Crippen MR) is 84.5 cm³/mol. The molecule has 6 heteroatoms. The van der Waals surface area contributed by atoms with Gasteiger partial charge in [0, 0.05) is 11.6 Å². The number of unbranched alkanes of at least 4 members (excludes halogenated alkanes) is 1. The minimum Gasteiger partial charge on any atom is -0.326 e. The maximum Gasteiger partial charge on any atom is 0.238 e. The van der Waals surface area contributed by atoms with E-state index in [2.05, 4.69) is 12.2 Å². The summed E-state index contributed by atoms with van der Waals surface area (Å²) >= 11 is 0. The Morgan fingerprint density at radius 3 is 2.48 bits per heavy atom. The van der Waals surface area contributed by atoms with Crippen LogP contribution in [-0.2, 0) is 14.8 Å². The molecule has 3 N–H and O–H groups in total. The highest BCUT2D eigenvalue weighted by Gasteiger charge is 2.17. The Morgan fingerprint density at radius 2 is 2.00 bits per heavy atom. The number of benzene rings is 1. The van der Waals surface area contributed by atoms with E-state index in [0.29, 0.717) is 11.3 Å². The first-order chi connectivity index (χ1) is 9.79. The summed E-state index contributed by atoms with van der Waals surface area (Å²) in [4.78, 5) is 12.3. The molecule has 1 aromatic rings. The number of carbonyl (C=O) groups is 1. The van der Waals surface area contributed by atoms with E-state index in [0.717, 1.165) is 25.7 Å². The molecule has 1 amide bonds. The largest absolute Gasteiger partial charge is 0.326 e. The van der Waals surface area contributed by atoms with Crippen LogP contribution < -0.4 is 10.5 Å². The van der Waals surface area contributed by atoms with Crippen molar-refractivity contribution in [3.63, 3.8) is 0 Å². The van der Waals surface area contributed by atoms with Gasteiger partial charge in [-0.05, 0) is 43.5 Å². The van der Waals surface area contributed by atoms with Crippen LogP contribution in [0.3, 0.4) is 0 Å². The molecule has 1 atom stereocenters. The molecule has 0 aromatic heterocycles. The molecule has 1 unspecified atom stereocenters. The lowest BCUT2D eigenvalue weighted by Crippen LogP contribution is -2.23. The van der Waals surface area contributed by atoms with Crippen molar-refractivity contribution < 1.29 is 13.2 Å². The van der Waals surface area contributed by atoms with Gasteiger partial charge in [0.05, 0.1) is 4.90 Å². The van der Waals surface area contributed by atoms with Crippen LogP contribution in [0.5, 0.6) is 0 Å². The van der Waals surface area contributed by atoms with Crippen LogP contribution in [0, 0.1) is 12.8 Å². The number of hydrogen-bond acceptors (Lipinski definition) is 3. The molecule has 5 nitrogen and oxygen atoms in total. The van der Waals surface area contributed by atoms with Crippen molar-refractivity contribution in [1.29, 1.82) is 0 Å². The lowest BCUT2D eigenvalue weighted by Gasteiger charge is -2.16. The monoisotopic (exact) mass is 312 g/mol. The maximum atomic E-state index is 12.2. The molecule has 0 aliphatic heterocycles. The molecular formula is C15H24N2O3S. The zero-order valence-electron chi connectivity index (χ0n) is 12.8. The summed E-state index contributed by atoms with van der Waals surface area (Å²) in [6.45, 7) is 5.84. The standard InChI is InChI=1S/C15H24N2O3S/c1-4-6-7-12(5-2)15(18)17-14-9-8-13(10-11(14)3)21(16,19)20/h8-10,12H,4-7H2,1-3H3,(H,17,18)(H2,16,19,20). The molecular weight excluding hydrogens is 288 g/mol. The minimum atomic E-state index is -3.72. The van der Waals surface area contributed by atoms with Gasteiger partial charge in [-0.3, -0.25) is 4.79 Å². The van der Waals surface area contributed by atoms with Gasteiger partial charge >= 0.3 is 0 Å². The summed E-state index contributed by atoms with van der Waals surface area (Å²) in [7, 11) is -3.72. The van der Waals surface area contributed by atoms with Crippen LogP contribution in [-0.4, -0.2) is 14.3 Å². The van der Waals surface area contributed by atoms with E-state index in [1.165, 1.54) is 12.1 Å². The van der Waals surface area contributed by atoms with Crippen molar-refractivity contribution >= 4 is 21.6 Å². The molecule has 1 aromatic carbocycles. The van der Waals surface area contributed by atoms with E-state index in [1.54, 1.807) is 13.0 Å². The highest BCUT2D eigenvalue weighted by molar-refractivity contribution is 7.89. The molecule has 0 radical (unpaired) electrons. The number of sulfonamides is 1. The number of nitrogens with two attached hydrogens (primary N) is 1. The summed E-state index contributed by atoms with van der Waals surface area (Å²) < 4.78 is 22.6. The normalized spacial score (nSPS) is 13.0. The molecule has 0 saturated heterocycles. The fourth-order valence-corrected chi connectivity index (χ4v) is 2.76. The number of nitrogens with one attached hydrogen (secondary N) is 1. The third-order valence-corrected chi connectivity index (χ3v) is 4.47.